The number of amides is 1. The van der Waals surface area contributed by atoms with Gasteiger partial charge in [-0.3, -0.25) is 10.1 Å². The molecule has 2 atom stereocenters. The monoisotopic (exact) mass is 362 g/mol. The molecule has 1 aliphatic rings. The fourth-order valence-electron chi connectivity index (χ4n) is 2.67. The van der Waals surface area contributed by atoms with Crippen LogP contribution in [0.25, 0.3) is 0 Å². The molecule has 3 nitrogen and oxygen atoms in total. The largest absolute Gasteiger partial charge is 0.352 e. The number of halogens is 2. The Morgan fingerprint density at radius 2 is 1.83 bits per heavy atom. The van der Waals surface area contributed by atoms with Gasteiger partial charge in [-0.05, 0) is 43.0 Å². The quantitative estimate of drug-likeness (QED) is 0.784. The molecule has 2 aromatic carbocycles. The Labute approximate surface area is 152 Å². The Morgan fingerprint density at radius 3 is 2.46 bits per heavy atom. The lowest BCUT2D eigenvalue weighted by molar-refractivity contribution is -0.123. The number of carbonyl (C=O) groups excluding carboxylic acids is 1. The van der Waals surface area contributed by atoms with Crippen LogP contribution in [-0.2, 0) is 4.79 Å². The van der Waals surface area contributed by atoms with E-state index in [1.165, 1.54) is 0 Å². The molecule has 0 heterocycles. The van der Waals surface area contributed by atoms with Crippen LogP contribution >= 0.6 is 23.2 Å². The molecule has 0 saturated heterocycles. The van der Waals surface area contributed by atoms with E-state index in [2.05, 4.69) is 10.6 Å². The Balaban J connectivity index is 1.81. The van der Waals surface area contributed by atoms with Crippen molar-refractivity contribution in [2.75, 3.05) is 0 Å². The van der Waals surface area contributed by atoms with Gasteiger partial charge in [0, 0.05) is 22.1 Å². The zero-order valence-corrected chi connectivity index (χ0v) is 14.9. The van der Waals surface area contributed by atoms with E-state index in [9.17, 15) is 4.79 Å². The summed E-state index contributed by atoms with van der Waals surface area (Å²) in [7, 11) is 0. The van der Waals surface area contributed by atoms with Gasteiger partial charge in [0.05, 0.1) is 0 Å². The van der Waals surface area contributed by atoms with E-state index in [-0.39, 0.29) is 11.9 Å². The average Bonchev–Trinajstić information content (AvgIpc) is 3.37. The van der Waals surface area contributed by atoms with Crippen LogP contribution < -0.4 is 10.6 Å². The summed E-state index contributed by atoms with van der Waals surface area (Å²) in [5, 5.41) is 7.67. The fraction of sp³-hybridized carbons (Fsp3) is 0.316. The van der Waals surface area contributed by atoms with Crippen molar-refractivity contribution in [2.24, 2.45) is 0 Å². The van der Waals surface area contributed by atoms with Crippen LogP contribution in [0.5, 0.6) is 0 Å². The van der Waals surface area contributed by atoms with E-state index >= 15 is 0 Å². The molecule has 126 valence electrons. The van der Waals surface area contributed by atoms with Crippen LogP contribution in [-0.4, -0.2) is 11.9 Å². The van der Waals surface area contributed by atoms with Gasteiger partial charge in [0.2, 0.25) is 5.91 Å². The van der Waals surface area contributed by atoms with Crippen molar-refractivity contribution in [1.82, 2.24) is 10.6 Å². The summed E-state index contributed by atoms with van der Waals surface area (Å²) in [6.45, 7) is 2.00. The van der Waals surface area contributed by atoms with Crippen LogP contribution in [0.4, 0.5) is 0 Å². The van der Waals surface area contributed by atoms with Crippen molar-refractivity contribution < 1.29 is 4.79 Å². The third-order valence-corrected chi connectivity index (χ3v) is 4.73. The zero-order valence-electron chi connectivity index (χ0n) is 13.4. The standard InChI is InChI=1S/C19H20Cl2N2O/c1-12(16-10-7-14(20)11-17(16)21)22-18(13-5-3-2-4-6-13)19(24)23-15-8-9-15/h2-7,10-12,15,18,22H,8-9H2,1H3,(H,23,24)/t12-,18+/m0/s1. The molecule has 0 radical (unpaired) electrons. The molecule has 0 spiro atoms. The molecule has 2 aromatic rings. The number of nitrogens with one attached hydrogen (secondary N) is 2. The molecule has 2 N–H and O–H groups in total. The Hall–Kier alpha value is -1.55. The minimum absolute atomic E-state index is 0.000589. The van der Waals surface area contributed by atoms with E-state index in [1.54, 1.807) is 6.07 Å². The van der Waals surface area contributed by atoms with Crippen LogP contribution in [0.1, 0.15) is 43.0 Å². The lowest BCUT2D eigenvalue weighted by Gasteiger charge is -2.24. The Bertz CT molecular complexity index is 717. The normalized spacial score (nSPS) is 16.5. The predicted octanol–water partition coefficient (Wildman–Crippen LogP) is 4.66. The van der Waals surface area contributed by atoms with Gasteiger partial charge in [-0.1, -0.05) is 59.6 Å². The number of rotatable bonds is 6. The molecule has 5 heteroatoms. The summed E-state index contributed by atoms with van der Waals surface area (Å²) >= 11 is 12.3. The second-order valence-corrected chi connectivity index (χ2v) is 7.02. The highest BCUT2D eigenvalue weighted by molar-refractivity contribution is 6.35. The van der Waals surface area contributed by atoms with Crippen LogP contribution in [0.15, 0.2) is 48.5 Å². The van der Waals surface area contributed by atoms with Crippen molar-refractivity contribution in [2.45, 2.75) is 37.9 Å². The van der Waals surface area contributed by atoms with Crippen molar-refractivity contribution in [3.05, 3.63) is 69.7 Å². The third-order valence-electron chi connectivity index (χ3n) is 4.16. The molecule has 24 heavy (non-hydrogen) atoms. The maximum Gasteiger partial charge on any atom is 0.241 e. The summed E-state index contributed by atoms with van der Waals surface area (Å²) in [5.74, 6) is 0.000589. The van der Waals surface area contributed by atoms with Gasteiger partial charge in [0.15, 0.2) is 0 Å². The number of benzene rings is 2. The fourth-order valence-corrected chi connectivity index (χ4v) is 3.25. The molecule has 1 aliphatic carbocycles. The summed E-state index contributed by atoms with van der Waals surface area (Å²) < 4.78 is 0. The van der Waals surface area contributed by atoms with Crippen molar-refractivity contribution in [1.29, 1.82) is 0 Å². The van der Waals surface area contributed by atoms with Gasteiger partial charge in [-0.2, -0.15) is 0 Å². The van der Waals surface area contributed by atoms with Gasteiger partial charge in [0.1, 0.15) is 6.04 Å². The van der Waals surface area contributed by atoms with E-state index in [0.717, 1.165) is 24.0 Å². The lowest BCUT2D eigenvalue weighted by atomic mass is 10.0. The second kappa shape index (κ2) is 7.56. The summed E-state index contributed by atoms with van der Waals surface area (Å²) in [4.78, 5) is 12.7. The molecule has 3 rings (SSSR count). The van der Waals surface area contributed by atoms with Crippen LogP contribution in [0, 0.1) is 0 Å². The van der Waals surface area contributed by atoms with Gasteiger partial charge in [0.25, 0.3) is 0 Å². The minimum Gasteiger partial charge on any atom is -0.352 e. The molecule has 1 saturated carbocycles. The minimum atomic E-state index is -0.423. The molecule has 0 aliphatic heterocycles. The second-order valence-electron chi connectivity index (χ2n) is 6.18. The summed E-state index contributed by atoms with van der Waals surface area (Å²) in [6, 6.07) is 15.0. The molecule has 0 unspecified atom stereocenters. The zero-order chi connectivity index (χ0) is 17.1. The smallest absolute Gasteiger partial charge is 0.241 e. The van der Waals surface area contributed by atoms with Gasteiger partial charge < -0.3 is 5.32 Å². The SMILES string of the molecule is C[C@H](N[C@@H](C(=O)NC1CC1)c1ccccc1)c1ccc(Cl)cc1Cl. The van der Waals surface area contributed by atoms with Gasteiger partial charge >= 0.3 is 0 Å². The first-order chi connectivity index (χ1) is 11.5. The first-order valence-corrected chi connectivity index (χ1v) is 8.86. The highest BCUT2D eigenvalue weighted by Crippen LogP contribution is 2.29. The molecule has 0 bridgehead atoms. The number of hydrogen-bond donors (Lipinski definition) is 2. The van der Waals surface area contributed by atoms with E-state index in [1.807, 2.05) is 49.4 Å². The first-order valence-electron chi connectivity index (χ1n) is 8.11. The first kappa shape index (κ1) is 17.3. The molecule has 1 fully saturated rings. The van der Waals surface area contributed by atoms with Gasteiger partial charge in [-0.25, -0.2) is 0 Å². The molecule has 1 amide bonds. The highest BCUT2D eigenvalue weighted by Gasteiger charge is 2.29. The number of hydrogen-bond acceptors (Lipinski definition) is 2. The molecule has 0 aromatic heterocycles. The predicted molar refractivity (Wildman–Crippen MR) is 98.4 cm³/mol. The van der Waals surface area contributed by atoms with Crippen molar-refractivity contribution in [3.63, 3.8) is 0 Å². The van der Waals surface area contributed by atoms with E-state index < -0.39 is 6.04 Å². The van der Waals surface area contributed by atoms with Crippen molar-refractivity contribution >= 4 is 29.1 Å². The van der Waals surface area contributed by atoms with Crippen LogP contribution in [0.3, 0.4) is 0 Å². The van der Waals surface area contributed by atoms with E-state index in [4.69, 9.17) is 23.2 Å². The highest BCUT2D eigenvalue weighted by atomic mass is 35.5. The Morgan fingerprint density at radius 1 is 1.12 bits per heavy atom. The third kappa shape index (κ3) is 4.29. The molecular formula is C19H20Cl2N2O. The van der Waals surface area contributed by atoms with Crippen molar-refractivity contribution in [3.8, 4) is 0 Å². The average molecular weight is 363 g/mol. The summed E-state index contributed by atoms with van der Waals surface area (Å²) in [6.07, 6.45) is 2.12. The maximum absolute atomic E-state index is 12.7. The van der Waals surface area contributed by atoms with E-state index in [0.29, 0.717) is 16.1 Å². The number of carbonyl (C=O) groups is 1. The summed E-state index contributed by atoms with van der Waals surface area (Å²) in [5.41, 5.74) is 1.86. The Kier molecular flexibility index (Phi) is 5.44. The van der Waals surface area contributed by atoms with Gasteiger partial charge in [-0.15, -0.1) is 0 Å². The van der Waals surface area contributed by atoms with Crippen LogP contribution in [0.2, 0.25) is 10.0 Å². The molecular weight excluding hydrogens is 343 g/mol. The maximum atomic E-state index is 12.7. The lowest BCUT2D eigenvalue weighted by Crippen LogP contribution is -2.39. The topological polar surface area (TPSA) is 41.1 Å².